The standard InChI is InChI=1S/C20H30N4O2S2.HI/c1-4-22-20(24-14-18-11-12-19(27-18)28(21,25)26)23-13-5-6-16-7-9-17(10-8-16)15(2)3;/h7-12,15H,4-6,13-14H2,1-3H3,(H2,21,25,26)(H2,22,23,24);1H. The number of sulfonamides is 1. The highest BCUT2D eigenvalue weighted by Crippen LogP contribution is 2.20. The molecule has 2 aromatic rings. The van der Waals surface area contributed by atoms with E-state index in [9.17, 15) is 8.42 Å². The average molecular weight is 551 g/mol. The Morgan fingerprint density at radius 1 is 1.14 bits per heavy atom. The first-order valence-corrected chi connectivity index (χ1v) is 11.9. The van der Waals surface area contributed by atoms with Gasteiger partial charge in [0.15, 0.2) is 5.96 Å². The number of hydrogen-bond donors (Lipinski definition) is 3. The largest absolute Gasteiger partial charge is 0.357 e. The topological polar surface area (TPSA) is 96.6 Å². The highest BCUT2D eigenvalue weighted by atomic mass is 127. The number of halogens is 1. The Hall–Kier alpha value is -1.17. The number of guanidine groups is 1. The number of aliphatic imine (C=N–C) groups is 1. The maximum atomic E-state index is 11.4. The third-order valence-corrected chi connectivity index (χ3v) is 6.74. The number of nitrogens with zero attached hydrogens (tertiary/aromatic N) is 1. The quantitative estimate of drug-likeness (QED) is 0.192. The van der Waals surface area contributed by atoms with Gasteiger partial charge in [-0.25, -0.2) is 18.5 Å². The van der Waals surface area contributed by atoms with Crippen molar-refractivity contribution in [3.63, 3.8) is 0 Å². The van der Waals surface area contributed by atoms with Crippen LogP contribution in [0.15, 0.2) is 45.6 Å². The lowest BCUT2D eigenvalue weighted by Crippen LogP contribution is -2.37. The third kappa shape index (κ3) is 9.02. The summed E-state index contributed by atoms with van der Waals surface area (Å²) < 4.78 is 22.9. The normalized spacial score (nSPS) is 12.0. The predicted molar refractivity (Wildman–Crippen MR) is 133 cm³/mol. The fourth-order valence-electron chi connectivity index (χ4n) is 2.66. The molecule has 6 nitrogen and oxygen atoms in total. The van der Waals surface area contributed by atoms with E-state index in [1.54, 1.807) is 6.07 Å². The van der Waals surface area contributed by atoms with Gasteiger partial charge in [-0.3, -0.25) is 0 Å². The van der Waals surface area contributed by atoms with E-state index in [4.69, 9.17) is 5.14 Å². The number of rotatable bonds is 9. The molecule has 1 aromatic heterocycles. The molecule has 0 spiro atoms. The second-order valence-corrected chi connectivity index (χ2v) is 9.84. The van der Waals surface area contributed by atoms with E-state index < -0.39 is 10.0 Å². The van der Waals surface area contributed by atoms with Crippen LogP contribution in [0, 0.1) is 0 Å². The molecule has 29 heavy (non-hydrogen) atoms. The molecule has 0 atom stereocenters. The molecule has 0 aliphatic carbocycles. The lowest BCUT2D eigenvalue weighted by atomic mass is 10.0. The molecule has 4 N–H and O–H groups in total. The van der Waals surface area contributed by atoms with Crippen LogP contribution in [0.1, 0.15) is 49.1 Å². The minimum atomic E-state index is -3.64. The SMILES string of the molecule is CCNC(=NCc1ccc(S(N)(=O)=O)s1)NCCCc1ccc(C(C)C)cc1.I. The van der Waals surface area contributed by atoms with Crippen molar-refractivity contribution in [1.82, 2.24) is 10.6 Å². The van der Waals surface area contributed by atoms with E-state index in [2.05, 4.69) is 53.7 Å². The minimum Gasteiger partial charge on any atom is -0.357 e. The zero-order chi connectivity index (χ0) is 20.6. The molecule has 0 fully saturated rings. The third-order valence-electron chi connectivity index (χ3n) is 4.24. The first kappa shape index (κ1) is 25.9. The van der Waals surface area contributed by atoms with Gasteiger partial charge < -0.3 is 10.6 Å². The summed E-state index contributed by atoms with van der Waals surface area (Å²) in [6, 6.07) is 12.1. The summed E-state index contributed by atoms with van der Waals surface area (Å²) in [5.74, 6) is 1.28. The Balaban J connectivity index is 0.00000420. The van der Waals surface area contributed by atoms with Gasteiger partial charge in [0.05, 0.1) is 6.54 Å². The number of thiophene rings is 1. The zero-order valence-corrected chi connectivity index (χ0v) is 21.1. The Morgan fingerprint density at radius 2 is 1.83 bits per heavy atom. The molecule has 0 radical (unpaired) electrons. The second kappa shape index (κ2) is 12.5. The van der Waals surface area contributed by atoms with Gasteiger partial charge in [0.25, 0.3) is 0 Å². The van der Waals surface area contributed by atoms with Gasteiger partial charge in [0.1, 0.15) is 4.21 Å². The molecule has 0 aliphatic rings. The zero-order valence-electron chi connectivity index (χ0n) is 17.1. The number of primary sulfonamides is 1. The molecule has 1 aromatic carbocycles. The van der Waals surface area contributed by atoms with Crippen LogP contribution in [0.25, 0.3) is 0 Å². The fourth-order valence-corrected chi connectivity index (χ4v) is 4.37. The van der Waals surface area contributed by atoms with E-state index in [1.807, 2.05) is 6.92 Å². The van der Waals surface area contributed by atoms with Crippen LogP contribution in [-0.4, -0.2) is 27.5 Å². The minimum absolute atomic E-state index is 0. The van der Waals surface area contributed by atoms with Gasteiger partial charge >= 0.3 is 0 Å². The summed E-state index contributed by atoms with van der Waals surface area (Å²) in [7, 11) is -3.64. The van der Waals surface area contributed by atoms with Gasteiger partial charge in [-0.2, -0.15) is 0 Å². The van der Waals surface area contributed by atoms with Crippen LogP contribution in [0.4, 0.5) is 0 Å². The van der Waals surface area contributed by atoms with Crippen LogP contribution in [-0.2, 0) is 23.0 Å². The molecule has 2 rings (SSSR count). The fraction of sp³-hybridized carbons (Fsp3) is 0.450. The van der Waals surface area contributed by atoms with E-state index in [1.165, 1.54) is 17.2 Å². The van der Waals surface area contributed by atoms with Crippen molar-refractivity contribution in [2.75, 3.05) is 13.1 Å². The van der Waals surface area contributed by atoms with Crippen molar-refractivity contribution in [2.24, 2.45) is 10.1 Å². The lowest BCUT2D eigenvalue weighted by molar-refractivity contribution is 0.600. The van der Waals surface area contributed by atoms with Crippen molar-refractivity contribution in [3.8, 4) is 0 Å². The second-order valence-electron chi connectivity index (χ2n) is 6.89. The van der Waals surface area contributed by atoms with Crippen LogP contribution < -0.4 is 15.8 Å². The summed E-state index contributed by atoms with van der Waals surface area (Å²) >= 11 is 1.15. The Morgan fingerprint density at radius 3 is 2.38 bits per heavy atom. The molecular formula is C20H31IN4O2S2. The van der Waals surface area contributed by atoms with Crippen molar-refractivity contribution in [2.45, 2.75) is 50.3 Å². The number of hydrogen-bond acceptors (Lipinski definition) is 4. The molecule has 0 unspecified atom stereocenters. The van der Waals surface area contributed by atoms with Crippen molar-refractivity contribution < 1.29 is 8.42 Å². The van der Waals surface area contributed by atoms with E-state index in [-0.39, 0.29) is 28.2 Å². The van der Waals surface area contributed by atoms with Gasteiger partial charge in [0.2, 0.25) is 10.0 Å². The van der Waals surface area contributed by atoms with Gasteiger partial charge in [-0.05, 0) is 48.9 Å². The number of nitrogens with two attached hydrogens (primary N) is 1. The molecule has 1 heterocycles. The predicted octanol–water partition coefficient (Wildman–Crippen LogP) is 3.82. The molecule has 0 bridgehead atoms. The summed E-state index contributed by atoms with van der Waals surface area (Å²) in [6.45, 7) is 8.39. The van der Waals surface area contributed by atoms with E-state index >= 15 is 0 Å². The molecular weight excluding hydrogens is 519 g/mol. The smallest absolute Gasteiger partial charge is 0.247 e. The van der Waals surface area contributed by atoms with Gasteiger partial charge in [0, 0.05) is 18.0 Å². The maximum absolute atomic E-state index is 11.4. The number of benzene rings is 1. The summed E-state index contributed by atoms with van der Waals surface area (Å²) in [5, 5.41) is 11.7. The molecule has 0 amide bonds. The highest BCUT2D eigenvalue weighted by Gasteiger charge is 2.11. The first-order chi connectivity index (χ1) is 13.3. The maximum Gasteiger partial charge on any atom is 0.247 e. The summed E-state index contributed by atoms with van der Waals surface area (Å²) in [5.41, 5.74) is 2.70. The van der Waals surface area contributed by atoms with Crippen molar-refractivity contribution in [3.05, 3.63) is 52.4 Å². The molecule has 162 valence electrons. The molecule has 0 aliphatic heterocycles. The van der Waals surface area contributed by atoms with Crippen LogP contribution in [0.3, 0.4) is 0 Å². The monoisotopic (exact) mass is 550 g/mol. The summed E-state index contributed by atoms with van der Waals surface area (Å²) in [4.78, 5) is 5.38. The van der Waals surface area contributed by atoms with Gasteiger partial charge in [-0.1, -0.05) is 38.1 Å². The first-order valence-electron chi connectivity index (χ1n) is 9.52. The molecule has 0 saturated heterocycles. The lowest BCUT2D eigenvalue weighted by Gasteiger charge is -2.11. The van der Waals surface area contributed by atoms with Crippen LogP contribution in [0.2, 0.25) is 0 Å². The van der Waals surface area contributed by atoms with Crippen LogP contribution in [0.5, 0.6) is 0 Å². The molecule has 9 heteroatoms. The van der Waals surface area contributed by atoms with Crippen molar-refractivity contribution in [1.29, 1.82) is 0 Å². The van der Waals surface area contributed by atoms with Crippen molar-refractivity contribution >= 4 is 51.3 Å². The number of aryl methyl sites for hydroxylation is 1. The van der Waals surface area contributed by atoms with E-state index in [0.29, 0.717) is 12.5 Å². The Bertz CT molecular complexity index is 878. The Kier molecular flexibility index (Phi) is 11.2. The van der Waals surface area contributed by atoms with Crippen LogP contribution >= 0.6 is 35.3 Å². The van der Waals surface area contributed by atoms with E-state index in [0.717, 1.165) is 48.1 Å². The van der Waals surface area contributed by atoms with Gasteiger partial charge in [-0.15, -0.1) is 35.3 Å². The highest BCUT2D eigenvalue weighted by molar-refractivity contribution is 14.0. The number of nitrogens with one attached hydrogen (secondary N) is 2. The average Bonchev–Trinajstić information content (AvgIpc) is 3.13. The summed E-state index contributed by atoms with van der Waals surface area (Å²) in [6.07, 6.45) is 2.01. The Labute approximate surface area is 195 Å². The molecule has 0 saturated carbocycles.